The van der Waals surface area contributed by atoms with E-state index in [4.69, 9.17) is 4.74 Å². The molecule has 2 aromatic carbocycles. The summed E-state index contributed by atoms with van der Waals surface area (Å²) in [5.41, 5.74) is 2.37. The lowest BCUT2D eigenvalue weighted by molar-refractivity contribution is -0.141. The number of nitrogens with zero attached hydrogens (tertiary/aromatic N) is 2. The van der Waals surface area contributed by atoms with Gasteiger partial charge in [0.25, 0.3) is 0 Å². The van der Waals surface area contributed by atoms with Crippen LogP contribution < -0.4 is 14.4 Å². The lowest BCUT2D eigenvalue weighted by atomic mass is 10.1. The number of sulfonamides is 1. The van der Waals surface area contributed by atoms with Crippen LogP contribution >= 0.6 is 0 Å². The molecule has 0 saturated heterocycles. The maximum atomic E-state index is 13.4. The minimum Gasteiger partial charge on any atom is -0.497 e. The number of carbonyl (C=O) groups is 2. The van der Waals surface area contributed by atoms with Crippen LogP contribution in [0.1, 0.15) is 44.2 Å². The van der Waals surface area contributed by atoms with Crippen molar-refractivity contribution >= 4 is 27.5 Å². The smallest absolute Gasteiger partial charge is 0.242 e. The fourth-order valence-electron chi connectivity index (χ4n) is 3.97. The highest BCUT2D eigenvalue weighted by Gasteiger charge is 2.28. The number of carbonyl (C=O) groups excluding carboxylic acids is 2. The number of benzene rings is 2. The molecule has 2 amide bonds. The first-order valence-electron chi connectivity index (χ1n) is 11.8. The summed E-state index contributed by atoms with van der Waals surface area (Å²) in [5.74, 6) is 0.260. The van der Waals surface area contributed by atoms with E-state index in [0.717, 1.165) is 17.4 Å². The second kappa shape index (κ2) is 13.1. The average molecular weight is 504 g/mol. The Morgan fingerprint density at radius 2 is 1.80 bits per heavy atom. The van der Waals surface area contributed by atoms with Crippen LogP contribution in [0.2, 0.25) is 0 Å². The number of ether oxygens (including phenoxy) is 1. The Kier molecular flexibility index (Phi) is 10.6. The molecule has 0 fully saturated rings. The maximum absolute atomic E-state index is 13.4. The molecule has 192 valence electrons. The average Bonchev–Trinajstić information content (AvgIpc) is 2.81. The molecule has 0 saturated carbocycles. The summed E-state index contributed by atoms with van der Waals surface area (Å²) in [7, 11) is -1.94. The summed E-state index contributed by atoms with van der Waals surface area (Å²) in [4.78, 5) is 27.7. The molecule has 2 rings (SSSR count). The molecule has 0 radical (unpaired) electrons. The van der Waals surface area contributed by atoms with Crippen LogP contribution in [0.5, 0.6) is 5.75 Å². The molecule has 35 heavy (non-hydrogen) atoms. The van der Waals surface area contributed by atoms with Crippen molar-refractivity contribution in [3.63, 3.8) is 0 Å². The van der Waals surface area contributed by atoms with Gasteiger partial charge in [0.1, 0.15) is 11.8 Å². The van der Waals surface area contributed by atoms with E-state index < -0.39 is 16.1 Å². The molecular weight excluding hydrogens is 466 g/mol. The number of anilines is 1. The Morgan fingerprint density at radius 3 is 2.40 bits per heavy atom. The van der Waals surface area contributed by atoms with Crippen molar-refractivity contribution < 1.29 is 22.7 Å². The highest BCUT2D eigenvalue weighted by atomic mass is 32.2. The molecule has 0 heterocycles. The van der Waals surface area contributed by atoms with Gasteiger partial charge in [-0.2, -0.15) is 0 Å². The van der Waals surface area contributed by atoms with Crippen molar-refractivity contribution in [2.45, 2.75) is 52.6 Å². The minimum absolute atomic E-state index is 0.109. The minimum atomic E-state index is -3.52. The molecular formula is C26H37N3O5S. The number of rotatable bonds is 13. The van der Waals surface area contributed by atoms with Gasteiger partial charge in [0, 0.05) is 26.1 Å². The molecule has 1 N–H and O–H groups in total. The van der Waals surface area contributed by atoms with Crippen molar-refractivity contribution in [2.75, 3.05) is 30.8 Å². The number of likely N-dealkylation sites (N-methyl/N-ethyl adjacent to an activating group) is 1. The van der Waals surface area contributed by atoms with E-state index >= 15 is 0 Å². The Morgan fingerprint density at radius 1 is 1.09 bits per heavy atom. The van der Waals surface area contributed by atoms with Gasteiger partial charge in [-0.1, -0.05) is 31.2 Å². The Bertz CT molecular complexity index is 1100. The van der Waals surface area contributed by atoms with Crippen LogP contribution in [0, 0.1) is 6.92 Å². The first kappa shape index (κ1) is 28.2. The fourth-order valence-corrected chi connectivity index (χ4v) is 4.92. The lowest BCUT2D eigenvalue weighted by Crippen LogP contribution is -2.49. The Balaban J connectivity index is 2.22. The van der Waals surface area contributed by atoms with Crippen molar-refractivity contribution in [1.82, 2.24) is 10.2 Å². The highest BCUT2D eigenvalue weighted by molar-refractivity contribution is 7.92. The van der Waals surface area contributed by atoms with E-state index in [9.17, 15) is 18.0 Å². The second-order valence-electron chi connectivity index (χ2n) is 8.47. The van der Waals surface area contributed by atoms with Crippen LogP contribution in [0.4, 0.5) is 5.69 Å². The summed E-state index contributed by atoms with van der Waals surface area (Å²) in [6, 6.07) is 14.0. The van der Waals surface area contributed by atoms with Crippen molar-refractivity contribution in [3.05, 3.63) is 59.7 Å². The third-order valence-corrected chi connectivity index (χ3v) is 6.86. The van der Waals surface area contributed by atoms with Crippen molar-refractivity contribution in [2.24, 2.45) is 0 Å². The topological polar surface area (TPSA) is 96.0 Å². The molecule has 0 aliphatic heterocycles. The van der Waals surface area contributed by atoms with E-state index in [1.54, 1.807) is 24.1 Å². The summed E-state index contributed by atoms with van der Waals surface area (Å²) >= 11 is 0. The zero-order chi connectivity index (χ0) is 26.0. The first-order valence-corrected chi connectivity index (χ1v) is 13.7. The third-order valence-electron chi connectivity index (χ3n) is 5.67. The largest absolute Gasteiger partial charge is 0.497 e. The number of amides is 2. The molecule has 0 aliphatic carbocycles. The van der Waals surface area contributed by atoms with Gasteiger partial charge in [-0.05, 0) is 62.1 Å². The number of hydrogen-bond donors (Lipinski definition) is 1. The highest BCUT2D eigenvalue weighted by Crippen LogP contribution is 2.21. The standard InChI is InChI=1S/C26H37N3O5S/c1-6-24(26(31)27-7-2)28(19-21-12-9-14-23(18-21)34-4)25(30)15-10-16-29(35(5,32)33)22-13-8-11-20(3)17-22/h8-9,11-14,17-18,24H,6-7,10,15-16,19H2,1-5H3,(H,27,31)/t24-/m0/s1. The zero-order valence-electron chi connectivity index (χ0n) is 21.3. The van der Waals surface area contributed by atoms with Gasteiger partial charge >= 0.3 is 0 Å². The Hall–Kier alpha value is -3.07. The van der Waals surface area contributed by atoms with Gasteiger partial charge in [0.05, 0.1) is 19.1 Å². The maximum Gasteiger partial charge on any atom is 0.242 e. The summed E-state index contributed by atoms with van der Waals surface area (Å²) in [6.45, 7) is 6.49. The van der Waals surface area contributed by atoms with Gasteiger partial charge in [-0.3, -0.25) is 13.9 Å². The van der Waals surface area contributed by atoms with E-state index in [1.165, 1.54) is 4.31 Å². The third kappa shape index (κ3) is 8.28. The summed E-state index contributed by atoms with van der Waals surface area (Å²) in [6.07, 6.45) is 2.05. The molecule has 0 spiro atoms. The molecule has 0 aromatic heterocycles. The first-order chi connectivity index (χ1) is 16.6. The molecule has 8 nitrogen and oxygen atoms in total. The van der Waals surface area contributed by atoms with Crippen LogP contribution in [0.15, 0.2) is 48.5 Å². The lowest BCUT2D eigenvalue weighted by Gasteiger charge is -2.31. The number of methoxy groups -OCH3 is 1. The molecule has 2 aromatic rings. The normalized spacial score (nSPS) is 12.0. The van der Waals surface area contributed by atoms with Gasteiger partial charge in [-0.15, -0.1) is 0 Å². The van der Waals surface area contributed by atoms with Gasteiger partial charge in [0.15, 0.2) is 0 Å². The molecule has 0 bridgehead atoms. The quantitative estimate of drug-likeness (QED) is 0.451. The van der Waals surface area contributed by atoms with Crippen LogP contribution in [0.25, 0.3) is 0 Å². The number of aryl methyl sites for hydroxylation is 1. The second-order valence-corrected chi connectivity index (χ2v) is 10.4. The molecule has 9 heteroatoms. The fraction of sp³-hybridized carbons (Fsp3) is 0.462. The van der Waals surface area contributed by atoms with E-state index in [2.05, 4.69) is 5.32 Å². The molecule has 0 unspecified atom stereocenters. The van der Waals surface area contributed by atoms with E-state index in [1.807, 2.05) is 57.2 Å². The van der Waals surface area contributed by atoms with E-state index in [0.29, 0.717) is 30.8 Å². The predicted octanol–water partition coefficient (Wildman–Crippen LogP) is 3.49. The van der Waals surface area contributed by atoms with Crippen LogP contribution in [0.3, 0.4) is 0 Å². The van der Waals surface area contributed by atoms with Crippen molar-refractivity contribution in [3.8, 4) is 5.75 Å². The molecule has 0 aliphatic rings. The predicted molar refractivity (Wildman–Crippen MR) is 139 cm³/mol. The van der Waals surface area contributed by atoms with Gasteiger partial charge < -0.3 is 15.0 Å². The monoisotopic (exact) mass is 503 g/mol. The van der Waals surface area contributed by atoms with Gasteiger partial charge in [-0.25, -0.2) is 8.42 Å². The van der Waals surface area contributed by atoms with Crippen molar-refractivity contribution in [1.29, 1.82) is 0 Å². The number of hydrogen-bond acceptors (Lipinski definition) is 5. The number of nitrogens with one attached hydrogen (secondary N) is 1. The van der Waals surface area contributed by atoms with E-state index in [-0.39, 0.29) is 31.3 Å². The van der Waals surface area contributed by atoms with Crippen LogP contribution in [-0.4, -0.2) is 57.6 Å². The SMILES string of the molecule is CCNC(=O)[C@H](CC)N(Cc1cccc(OC)c1)C(=O)CCCN(c1cccc(C)c1)S(C)(=O)=O. The molecule has 1 atom stereocenters. The zero-order valence-corrected chi connectivity index (χ0v) is 22.1. The summed E-state index contributed by atoms with van der Waals surface area (Å²) in [5, 5.41) is 2.82. The Labute approximate surface area is 209 Å². The van der Waals surface area contributed by atoms with Crippen LogP contribution in [-0.2, 0) is 26.2 Å². The van der Waals surface area contributed by atoms with Gasteiger partial charge in [0.2, 0.25) is 21.8 Å². The summed E-state index contributed by atoms with van der Waals surface area (Å²) < 4.78 is 31.5.